The molecule has 0 amide bonds. The Balaban J connectivity index is 0.00000392. The summed E-state index contributed by atoms with van der Waals surface area (Å²) >= 11 is 0. The fourth-order valence-corrected chi connectivity index (χ4v) is 4.27. The fraction of sp³-hybridized carbons (Fsp3) is 0.947. The largest absolute Gasteiger partial charge is 0.401 e. The molecular weight excluding hydrogens is 484 g/mol. The summed E-state index contributed by atoms with van der Waals surface area (Å²) in [5, 5.41) is 3.55. The monoisotopic (exact) mass is 520 g/mol. The Morgan fingerprint density at radius 1 is 1.32 bits per heavy atom. The van der Waals surface area contributed by atoms with E-state index in [4.69, 9.17) is 4.74 Å². The number of methoxy groups -OCH3 is 1. The third-order valence-corrected chi connectivity index (χ3v) is 6.75. The zero-order valence-corrected chi connectivity index (χ0v) is 20.2. The van der Waals surface area contributed by atoms with Crippen LogP contribution >= 0.6 is 24.0 Å². The van der Waals surface area contributed by atoms with Crippen molar-refractivity contribution in [2.75, 3.05) is 46.9 Å². The minimum atomic E-state index is -4.14. The van der Waals surface area contributed by atoms with Crippen LogP contribution in [-0.2, 0) is 4.74 Å². The molecule has 1 aliphatic heterocycles. The molecular formula is C19H36F3IN4O. The zero-order valence-electron chi connectivity index (χ0n) is 17.9. The number of hydrogen-bond donors (Lipinski definition) is 1. The molecule has 2 aliphatic rings. The maximum absolute atomic E-state index is 12.7. The number of ether oxygens (including phenoxy) is 1. The van der Waals surface area contributed by atoms with Gasteiger partial charge in [-0.15, -0.1) is 24.0 Å². The Kier molecular flexibility index (Phi) is 8.90. The second-order valence-corrected chi connectivity index (χ2v) is 8.65. The minimum absolute atomic E-state index is 0. The van der Waals surface area contributed by atoms with Gasteiger partial charge in [0.1, 0.15) is 0 Å². The van der Waals surface area contributed by atoms with Crippen molar-refractivity contribution in [3.63, 3.8) is 0 Å². The third-order valence-electron chi connectivity index (χ3n) is 6.75. The standard InChI is InChI=1S/C19H35F3N4O.HI/c1-7-25(13-19(20,21)22)11-14-8-9-26(12-14)16(23-5)24-15-10-18(4,27-6)17(15,2)3;/h14-15H,7-13H2,1-6H3,(H,23,24);1H. The summed E-state index contributed by atoms with van der Waals surface area (Å²) in [5.41, 5.74) is -0.182. The number of likely N-dealkylation sites (tertiary alicyclic amines) is 1. The second kappa shape index (κ2) is 9.68. The van der Waals surface area contributed by atoms with E-state index < -0.39 is 12.7 Å². The van der Waals surface area contributed by atoms with Gasteiger partial charge in [0.15, 0.2) is 5.96 Å². The number of alkyl halides is 3. The lowest BCUT2D eigenvalue weighted by Crippen LogP contribution is -2.69. The number of nitrogens with one attached hydrogen (secondary N) is 1. The summed E-state index contributed by atoms with van der Waals surface area (Å²) in [6.07, 6.45) is -2.35. The number of nitrogens with zero attached hydrogens (tertiary/aromatic N) is 3. The number of rotatable bonds is 6. The Morgan fingerprint density at radius 2 is 1.96 bits per heavy atom. The molecule has 1 saturated carbocycles. The fourth-order valence-electron chi connectivity index (χ4n) is 4.27. The third kappa shape index (κ3) is 5.65. The lowest BCUT2D eigenvalue weighted by molar-refractivity contribution is -0.176. The number of guanidine groups is 1. The molecule has 1 aliphatic carbocycles. The maximum atomic E-state index is 12.7. The smallest absolute Gasteiger partial charge is 0.378 e. The first-order valence-electron chi connectivity index (χ1n) is 9.78. The van der Waals surface area contributed by atoms with Gasteiger partial charge in [0.25, 0.3) is 0 Å². The molecule has 0 aromatic carbocycles. The van der Waals surface area contributed by atoms with E-state index in [1.165, 1.54) is 4.90 Å². The van der Waals surface area contributed by atoms with E-state index in [1.807, 2.05) is 0 Å². The Bertz CT molecular complexity index is 544. The topological polar surface area (TPSA) is 40.1 Å². The van der Waals surface area contributed by atoms with E-state index in [2.05, 4.69) is 36.0 Å². The molecule has 9 heteroatoms. The van der Waals surface area contributed by atoms with Crippen molar-refractivity contribution < 1.29 is 17.9 Å². The first kappa shape index (κ1) is 25.7. The summed E-state index contributed by atoms with van der Waals surface area (Å²) < 4.78 is 43.7. The number of aliphatic imine (C=N–C) groups is 1. The van der Waals surface area contributed by atoms with Crippen LogP contribution in [0.4, 0.5) is 13.2 Å². The van der Waals surface area contributed by atoms with Crippen LogP contribution in [0, 0.1) is 11.3 Å². The van der Waals surface area contributed by atoms with Gasteiger partial charge in [0.05, 0.1) is 12.1 Å². The van der Waals surface area contributed by atoms with Crippen molar-refractivity contribution in [2.45, 2.75) is 58.4 Å². The Morgan fingerprint density at radius 3 is 2.43 bits per heavy atom. The summed E-state index contributed by atoms with van der Waals surface area (Å²) in [5.74, 6) is 1.07. The van der Waals surface area contributed by atoms with Crippen LogP contribution in [0.2, 0.25) is 0 Å². The normalized spacial score (nSPS) is 30.2. The molecule has 166 valence electrons. The predicted octanol–water partition coefficient (Wildman–Crippen LogP) is 3.59. The van der Waals surface area contributed by atoms with Crippen molar-refractivity contribution in [1.29, 1.82) is 0 Å². The van der Waals surface area contributed by atoms with Crippen LogP contribution in [-0.4, -0.2) is 80.5 Å². The van der Waals surface area contributed by atoms with Gasteiger partial charge in [-0.3, -0.25) is 9.89 Å². The molecule has 0 aromatic heterocycles. The van der Waals surface area contributed by atoms with Crippen molar-refractivity contribution >= 4 is 29.9 Å². The van der Waals surface area contributed by atoms with Crippen molar-refractivity contribution in [1.82, 2.24) is 15.1 Å². The van der Waals surface area contributed by atoms with E-state index in [0.29, 0.717) is 13.1 Å². The summed E-state index contributed by atoms with van der Waals surface area (Å²) in [6.45, 7) is 9.89. The first-order valence-corrected chi connectivity index (χ1v) is 9.78. The molecule has 0 bridgehead atoms. The highest BCUT2D eigenvalue weighted by Gasteiger charge is 2.58. The molecule has 0 aromatic rings. The molecule has 1 heterocycles. The second-order valence-electron chi connectivity index (χ2n) is 8.65. The quantitative estimate of drug-likeness (QED) is 0.330. The lowest BCUT2D eigenvalue weighted by Gasteiger charge is -2.59. The zero-order chi connectivity index (χ0) is 20.5. The Hall–Kier alpha value is -0.290. The molecule has 1 N–H and O–H groups in total. The van der Waals surface area contributed by atoms with Crippen LogP contribution in [0.25, 0.3) is 0 Å². The van der Waals surface area contributed by atoms with Gasteiger partial charge in [-0.25, -0.2) is 0 Å². The minimum Gasteiger partial charge on any atom is -0.378 e. The van der Waals surface area contributed by atoms with E-state index in [1.54, 1.807) is 21.1 Å². The average Bonchev–Trinajstić information content (AvgIpc) is 3.04. The summed E-state index contributed by atoms with van der Waals surface area (Å²) in [6, 6.07) is 0.262. The van der Waals surface area contributed by atoms with E-state index in [9.17, 15) is 13.2 Å². The molecule has 2 rings (SSSR count). The van der Waals surface area contributed by atoms with Gasteiger partial charge in [0.2, 0.25) is 0 Å². The Labute approximate surface area is 184 Å². The lowest BCUT2D eigenvalue weighted by atomic mass is 9.56. The van der Waals surface area contributed by atoms with Crippen molar-refractivity contribution in [3.8, 4) is 0 Å². The van der Waals surface area contributed by atoms with Gasteiger partial charge in [-0.1, -0.05) is 20.8 Å². The molecule has 0 spiro atoms. The first-order chi connectivity index (χ1) is 12.5. The molecule has 3 unspecified atom stereocenters. The van der Waals surface area contributed by atoms with Crippen LogP contribution in [0.15, 0.2) is 4.99 Å². The molecule has 3 atom stereocenters. The maximum Gasteiger partial charge on any atom is 0.401 e. The van der Waals surface area contributed by atoms with Gasteiger partial charge < -0.3 is 15.0 Å². The van der Waals surface area contributed by atoms with Crippen LogP contribution in [0.1, 0.15) is 40.5 Å². The highest BCUT2D eigenvalue weighted by Crippen LogP contribution is 2.51. The highest BCUT2D eigenvalue weighted by atomic mass is 127. The van der Waals surface area contributed by atoms with E-state index in [-0.39, 0.29) is 47.0 Å². The molecule has 2 fully saturated rings. The SMILES string of the molecule is CCN(CC1CCN(C(=NC)NC2CC(C)(OC)C2(C)C)C1)CC(F)(F)F.I. The molecule has 5 nitrogen and oxygen atoms in total. The van der Waals surface area contributed by atoms with Crippen LogP contribution in [0.5, 0.6) is 0 Å². The van der Waals surface area contributed by atoms with Crippen LogP contribution < -0.4 is 5.32 Å². The molecule has 1 saturated heterocycles. The van der Waals surface area contributed by atoms with Gasteiger partial charge in [0, 0.05) is 45.2 Å². The van der Waals surface area contributed by atoms with E-state index in [0.717, 1.165) is 31.9 Å². The number of halogens is 4. The summed E-state index contributed by atoms with van der Waals surface area (Å²) in [4.78, 5) is 8.08. The van der Waals surface area contributed by atoms with Crippen molar-refractivity contribution in [3.05, 3.63) is 0 Å². The predicted molar refractivity (Wildman–Crippen MR) is 117 cm³/mol. The molecule has 28 heavy (non-hydrogen) atoms. The molecule has 0 radical (unpaired) electrons. The number of hydrogen-bond acceptors (Lipinski definition) is 3. The van der Waals surface area contributed by atoms with Gasteiger partial charge in [-0.2, -0.15) is 13.2 Å². The van der Waals surface area contributed by atoms with Crippen LogP contribution in [0.3, 0.4) is 0 Å². The van der Waals surface area contributed by atoms with Crippen molar-refractivity contribution in [2.24, 2.45) is 16.3 Å². The van der Waals surface area contributed by atoms with E-state index >= 15 is 0 Å². The highest BCUT2D eigenvalue weighted by molar-refractivity contribution is 14.0. The van der Waals surface area contributed by atoms with Gasteiger partial charge in [-0.05, 0) is 32.2 Å². The average molecular weight is 520 g/mol. The van der Waals surface area contributed by atoms with Gasteiger partial charge >= 0.3 is 6.18 Å². The summed E-state index contributed by atoms with van der Waals surface area (Å²) in [7, 11) is 3.51.